The van der Waals surface area contributed by atoms with Crippen molar-refractivity contribution < 1.29 is 28.2 Å². The molecule has 0 radical (unpaired) electrons. The van der Waals surface area contributed by atoms with Crippen LogP contribution in [0.15, 0.2) is 76.6 Å². The van der Waals surface area contributed by atoms with Crippen molar-refractivity contribution in [3.8, 4) is 11.5 Å². The van der Waals surface area contributed by atoms with Crippen molar-refractivity contribution in [1.82, 2.24) is 4.98 Å². The highest BCUT2D eigenvalue weighted by Gasteiger charge is 2.56. The first-order valence-electron chi connectivity index (χ1n) is 12.9. The fourth-order valence-corrected chi connectivity index (χ4v) is 7.71. The summed E-state index contributed by atoms with van der Waals surface area (Å²) in [6.45, 7) is 1.69. The van der Waals surface area contributed by atoms with Gasteiger partial charge in [0.25, 0.3) is 5.91 Å². The Hall–Kier alpha value is -4.42. The number of thiazole rings is 1. The van der Waals surface area contributed by atoms with Gasteiger partial charge in [0.2, 0.25) is 11.8 Å². The molecule has 1 aromatic heterocycles. The molecule has 2 N–H and O–H groups in total. The maximum absolute atomic E-state index is 13.8. The minimum Gasteiger partial charge on any atom is -0.493 e. The monoisotopic (exact) mass is 605 g/mol. The van der Waals surface area contributed by atoms with Gasteiger partial charge in [0.15, 0.2) is 18.1 Å². The van der Waals surface area contributed by atoms with Crippen LogP contribution in [-0.2, 0) is 14.4 Å². The Balaban J connectivity index is 1.29. The number of nitrogens with one attached hydrogen (secondary N) is 2. The molecular formula is C30H24FN3O6S2. The van der Waals surface area contributed by atoms with Crippen LogP contribution in [0, 0.1) is 18.7 Å². The molecule has 0 spiro atoms. The largest absolute Gasteiger partial charge is 0.493 e. The van der Waals surface area contributed by atoms with Crippen LogP contribution >= 0.6 is 23.1 Å². The van der Waals surface area contributed by atoms with Crippen LogP contribution in [0.2, 0.25) is 0 Å². The normalized spacial score (nSPS) is 19.3. The Bertz CT molecular complexity index is 1750. The Morgan fingerprint density at radius 1 is 1.00 bits per heavy atom. The third kappa shape index (κ3) is 5.07. The number of H-pyrrole nitrogens is 1. The van der Waals surface area contributed by atoms with E-state index in [4.69, 9.17) is 9.47 Å². The van der Waals surface area contributed by atoms with Gasteiger partial charge in [-0.15, -0.1) is 0 Å². The van der Waals surface area contributed by atoms with Gasteiger partial charge in [0.05, 0.1) is 23.7 Å². The van der Waals surface area contributed by atoms with Crippen LogP contribution in [-0.4, -0.2) is 41.7 Å². The minimum absolute atomic E-state index is 0.266. The highest BCUT2D eigenvalue weighted by atomic mass is 32.2. The quantitative estimate of drug-likeness (QED) is 0.293. The molecule has 0 aliphatic carbocycles. The summed E-state index contributed by atoms with van der Waals surface area (Å²) in [6.07, 6.45) is 0. The lowest BCUT2D eigenvalue weighted by atomic mass is 9.83. The molecule has 2 aliphatic rings. The summed E-state index contributed by atoms with van der Waals surface area (Å²) in [7, 11) is 1.46. The maximum atomic E-state index is 13.8. The lowest BCUT2D eigenvalue weighted by molar-refractivity contribution is -0.122. The van der Waals surface area contributed by atoms with Gasteiger partial charge in [-0.1, -0.05) is 46.9 Å². The molecule has 3 amide bonds. The van der Waals surface area contributed by atoms with Gasteiger partial charge in [-0.2, -0.15) is 0 Å². The van der Waals surface area contributed by atoms with Crippen LogP contribution in [0.1, 0.15) is 21.9 Å². The van der Waals surface area contributed by atoms with Crippen molar-refractivity contribution in [2.45, 2.75) is 23.1 Å². The number of imide groups is 1. The molecule has 0 saturated carbocycles. The van der Waals surface area contributed by atoms with E-state index in [1.165, 1.54) is 31.4 Å². The van der Waals surface area contributed by atoms with Crippen LogP contribution in [0.5, 0.6) is 11.5 Å². The average Bonchev–Trinajstić information content (AvgIpc) is 3.47. The summed E-state index contributed by atoms with van der Waals surface area (Å²) in [5.74, 6) is -2.52. The number of hydrogen-bond donors (Lipinski definition) is 2. The number of fused-ring (bicyclic) bond motifs is 2. The number of aryl methyl sites for hydroxylation is 1. The van der Waals surface area contributed by atoms with Crippen molar-refractivity contribution in [3.05, 3.63) is 98.2 Å². The van der Waals surface area contributed by atoms with Crippen LogP contribution in [0.25, 0.3) is 0 Å². The summed E-state index contributed by atoms with van der Waals surface area (Å²) >= 11 is 2.14. The topological polar surface area (TPSA) is 118 Å². The lowest BCUT2D eigenvalue weighted by Crippen LogP contribution is -2.32. The van der Waals surface area contributed by atoms with E-state index < -0.39 is 34.7 Å². The number of aromatic nitrogens is 1. The number of ether oxygens (including phenoxy) is 2. The number of amides is 3. The first-order chi connectivity index (χ1) is 20.2. The van der Waals surface area contributed by atoms with E-state index in [1.807, 2.05) is 19.1 Å². The summed E-state index contributed by atoms with van der Waals surface area (Å²) < 4.78 is 24.9. The van der Waals surface area contributed by atoms with E-state index in [9.17, 15) is 23.6 Å². The van der Waals surface area contributed by atoms with Gasteiger partial charge in [-0.05, 0) is 61.0 Å². The molecule has 9 nitrogen and oxygen atoms in total. The number of carbonyl (C=O) groups is 3. The van der Waals surface area contributed by atoms with Crippen molar-refractivity contribution in [2.75, 3.05) is 23.9 Å². The van der Waals surface area contributed by atoms with Gasteiger partial charge >= 0.3 is 4.87 Å². The number of anilines is 2. The second-order valence-electron chi connectivity index (χ2n) is 9.85. The molecule has 6 rings (SSSR count). The van der Waals surface area contributed by atoms with Gasteiger partial charge in [-0.3, -0.25) is 19.2 Å². The zero-order chi connectivity index (χ0) is 29.5. The first-order valence-corrected chi connectivity index (χ1v) is 14.6. The fraction of sp³-hybridized carbons (Fsp3) is 0.200. The second kappa shape index (κ2) is 11.1. The van der Waals surface area contributed by atoms with E-state index in [1.54, 1.807) is 30.3 Å². The summed E-state index contributed by atoms with van der Waals surface area (Å²) in [6, 6.07) is 17.6. The molecule has 1 fully saturated rings. The van der Waals surface area contributed by atoms with Gasteiger partial charge in [0.1, 0.15) is 11.1 Å². The average molecular weight is 606 g/mol. The zero-order valence-corrected chi connectivity index (χ0v) is 24.0. The summed E-state index contributed by atoms with van der Waals surface area (Å²) in [5, 5.41) is 2.51. The predicted molar refractivity (Wildman–Crippen MR) is 157 cm³/mol. The maximum Gasteiger partial charge on any atom is 0.305 e. The number of halogens is 1. The molecule has 0 bridgehead atoms. The highest BCUT2D eigenvalue weighted by molar-refractivity contribution is 8.00. The second-order valence-corrected chi connectivity index (χ2v) is 12.0. The predicted octanol–water partition coefficient (Wildman–Crippen LogP) is 4.71. The highest BCUT2D eigenvalue weighted by Crippen LogP contribution is 2.53. The Kier molecular flexibility index (Phi) is 7.33. The number of carbonyl (C=O) groups excluding carboxylic acids is 3. The van der Waals surface area contributed by atoms with Crippen molar-refractivity contribution in [1.29, 1.82) is 0 Å². The third-order valence-corrected chi connectivity index (χ3v) is 9.55. The van der Waals surface area contributed by atoms with E-state index in [-0.39, 0.29) is 23.1 Å². The van der Waals surface area contributed by atoms with Crippen LogP contribution in [0.3, 0.4) is 0 Å². The van der Waals surface area contributed by atoms with E-state index in [0.29, 0.717) is 32.7 Å². The van der Waals surface area contributed by atoms with Crippen molar-refractivity contribution in [2.24, 2.45) is 5.92 Å². The van der Waals surface area contributed by atoms with E-state index >= 15 is 0 Å². The summed E-state index contributed by atoms with van der Waals surface area (Å²) in [4.78, 5) is 56.4. The number of thioether (sulfide) groups is 1. The Morgan fingerprint density at radius 3 is 2.45 bits per heavy atom. The van der Waals surface area contributed by atoms with E-state index in [2.05, 4.69) is 10.3 Å². The fourth-order valence-electron chi connectivity index (χ4n) is 5.19. The van der Waals surface area contributed by atoms with Gasteiger partial charge in [-0.25, -0.2) is 9.29 Å². The molecule has 12 heteroatoms. The SMILES string of the molecule is COc1cc([C@H]2c3sc(=O)[nH]c3SC3C(=O)N(c4ccc(F)cc4)C(=O)C32)ccc1OCC(=O)Nc1ccc(C)cc1. The molecule has 42 heavy (non-hydrogen) atoms. The Labute approximate surface area is 247 Å². The molecule has 2 aliphatic heterocycles. The third-order valence-electron chi connectivity index (χ3n) is 7.15. The van der Waals surface area contributed by atoms with Crippen molar-refractivity contribution in [3.63, 3.8) is 0 Å². The molecule has 3 atom stereocenters. The molecule has 1 saturated heterocycles. The van der Waals surface area contributed by atoms with Crippen LogP contribution in [0.4, 0.5) is 15.8 Å². The molecule has 214 valence electrons. The van der Waals surface area contributed by atoms with Gasteiger partial charge < -0.3 is 19.8 Å². The van der Waals surface area contributed by atoms with Crippen LogP contribution < -0.4 is 24.6 Å². The molecule has 3 heterocycles. The Morgan fingerprint density at radius 2 is 1.74 bits per heavy atom. The smallest absolute Gasteiger partial charge is 0.305 e. The molecule has 2 unspecified atom stereocenters. The number of hydrogen-bond acceptors (Lipinski definition) is 8. The number of benzene rings is 3. The lowest BCUT2D eigenvalue weighted by Gasteiger charge is -2.30. The number of aromatic amines is 1. The summed E-state index contributed by atoms with van der Waals surface area (Å²) in [5.41, 5.74) is 2.63. The number of nitrogens with zero attached hydrogens (tertiary/aromatic N) is 1. The molecular weight excluding hydrogens is 581 g/mol. The standard InChI is InChI=1S/C30H24FN3O6S2/c1-15-3-8-18(9-4-15)32-22(35)14-40-20-12-5-16(13-21(20)39-2)23-24-26(41-27-25(23)42-30(38)33-27)29(37)34(28(24)36)19-10-6-17(31)7-11-19/h3-13,23-24,26H,14H2,1-2H3,(H,32,35)(H,33,38)/t23-,24?,26?/m1/s1. The van der Waals surface area contributed by atoms with E-state index in [0.717, 1.165) is 33.6 Å². The zero-order valence-electron chi connectivity index (χ0n) is 22.4. The van der Waals surface area contributed by atoms with Crippen molar-refractivity contribution >= 4 is 52.2 Å². The number of rotatable bonds is 7. The molecule has 3 aromatic carbocycles. The minimum atomic E-state index is -0.816. The first kappa shape index (κ1) is 27.7. The molecule has 4 aromatic rings. The van der Waals surface area contributed by atoms with Gasteiger partial charge in [0, 0.05) is 16.5 Å². The number of methoxy groups -OCH3 is 1.